The highest BCUT2D eigenvalue weighted by Crippen LogP contribution is 2.21. The first-order valence-corrected chi connectivity index (χ1v) is 5.01. The molecule has 0 aliphatic heterocycles. The van der Waals surface area contributed by atoms with Crippen molar-refractivity contribution in [3.8, 4) is 0 Å². The number of carbonyl (C=O) groups excluding carboxylic acids is 1. The van der Waals surface area contributed by atoms with Crippen molar-refractivity contribution in [3.05, 3.63) is 34.9 Å². The minimum absolute atomic E-state index is 0.239. The number of hydroxylamine groups is 1. The van der Waals surface area contributed by atoms with Gasteiger partial charge in [0.05, 0.1) is 5.92 Å². The molecule has 1 atom stereocenters. The van der Waals surface area contributed by atoms with Crippen LogP contribution in [0.1, 0.15) is 29.5 Å². The predicted molar refractivity (Wildman–Crippen MR) is 59.5 cm³/mol. The van der Waals surface area contributed by atoms with Crippen molar-refractivity contribution >= 4 is 5.97 Å². The zero-order chi connectivity index (χ0) is 11.4. The summed E-state index contributed by atoms with van der Waals surface area (Å²) >= 11 is 0. The van der Waals surface area contributed by atoms with Crippen LogP contribution in [-0.4, -0.2) is 13.0 Å². The molecule has 0 saturated carbocycles. The lowest BCUT2D eigenvalue weighted by Crippen LogP contribution is -2.20. The quantitative estimate of drug-likeness (QED) is 0.771. The lowest BCUT2D eigenvalue weighted by molar-refractivity contribution is -0.151. The molecule has 0 saturated heterocycles. The molecule has 0 amide bonds. The number of carbonyl (C=O) groups is 1. The molecule has 3 nitrogen and oxygen atoms in total. The van der Waals surface area contributed by atoms with Gasteiger partial charge in [0.2, 0.25) is 0 Å². The van der Waals surface area contributed by atoms with E-state index in [0.29, 0.717) is 0 Å². The van der Waals surface area contributed by atoms with Crippen LogP contribution in [0, 0.1) is 13.8 Å². The highest BCUT2D eigenvalue weighted by atomic mass is 16.7. The fraction of sp³-hybridized carbons (Fsp3) is 0.417. The van der Waals surface area contributed by atoms with Gasteiger partial charge in [-0.25, -0.2) is 4.79 Å². The third-order valence-corrected chi connectivity index (χ3v) is 2.46. The Morgan fingerprint density at radius 1 is 1.40 bits per heavy atom. The van der Waals surface area contributed by atoms with E-state index in [2.05, 4.69) is 5.48 Å². The average molecular weight is 207 g/mol. The van der Waals surface area contributed by atoms with E-state index < -0.39 is 0 Å². The maximum Gasteiger partial charge on any atom is 0.331 e. The molecule has 3 heteroatoms. The van der Waals surface area contributed by atoms with Crippen molar-refractivity contribution in [2.45, 2.75) is 26.7 Å². The predicted octanol–water partition coefficient (Wildman–Crippen LogP) is 2.08. The van der Waals surface area contributed by atoms with Gasteiger partial charge in [-0.05, 0) is 31.9 Å². The molecule has 0 spiro atoms. The van der Waals surface area contributed by atoms with E-state index in [1.807, 2.05) is 39.0 Å². The van der Waals surface area contributed by atoms with Crippen LogP contribution in [0.5, 0.6) is 0 Å². The van der Waals surface area contributed by atoms with Crippen molar-refractivity contribution in [1.29, 1.82) is 0 Å². The Bertz CT molecular complexity index is 361. The van der Waals surface area contributed by atoms with E-state index in [1.54, 1.807) is 7.05 Å². The Morgan fingerprint density at radius 2 is 2.07 bits per heavy atom. The Labute approximate surface area is 90.4 Å². The summed E-state index contributed by atoms with van der Waals surface area (Å²) in [7, 11) is 1.58. The molecular weight excluding hydrogens is 190 g/mol. The smallest absolute Gasteiger partial charge is 0.331 e. The lowest BCUT2D eigenvalue weighted by atomic mass is 9.95. The summed E-state index contributed by atoms with van der Waals surface area (Å²) < 4.78 is 0. The normalized spacial score (nSPS) is 12.3. The van der Waals surface area contributed by atoms with Crippen molar-refractivity contribution in [1.82, 2.24) is 5.48 Å². The van der Waals surface area contributed by atoms with Crippen molar-refractivity contribution < 1.29 is 9.63 Å². The molecule has 1 N–H and O–H groups in total. The van der Waals surface area contributed by atoms with Crippen LogP contribution < -0.4 is 5.48 Å². The molecule has 0 aliphatic rings. The maximum absolute atomic E-state index is 11.5. The van der Waals surface area contributed by atoms with Crippen molar-refractivity contribution in [2.75, 3.05) is 7.05 Å². The summed E-state index contributed by atoms with van der Waals surface area (Å²) in [5.74, 6) is -0.497. The Kier molecular flexibility index (Phi) is 3.86. The summed E-state index contributed by atoms with van der Waals surface area (Å²) in [6.45, 7) is 5.86. The van der Waals surface area contributed by atoms with Gasteiger partial charge in [0.15, 0.2) is 0 Å². The number of hydrogen-bond donors (Lipinski definition) is 1. The van der Waals surface area contributed by atoms with E-state index in [4.69, 9.17) is 4.84 Å². The van der Waals surface area contributed by atoms with E-state index in [-0.39, 0.29) is 11.9 Å². The average Bonchev–Trinajstić information content (AvgIpc) is 2.21. The molecule has 0 bridgehead atoms. The summed E-state index contributed by atoms with van der Waals surface area (Å²) in [5, 5.41) is 0. The van der Waals surface area contributed by atoms with Crippen molar-refractivity contribution in [3.63, 3.8) is 0 Å². The van der Waals surface area contributed by atoms with Gasteiger partial charge in [0.25, 0.3) is 0 Å². The monoisotopic (exact) mass is 207 g/mol. The molecule has 0 heterocycles. The zero-order valence-corrected chi connectivity index (χ0v) is 9.63. The van der Waals surface area contributed by atoms with Gasteiger partial charge in [-0.3, -0.25) is 0 Å². The third-order valence-electron chi connectivity index (χ3n) is 2.46. The summed E-state index contributed by atoms with van der Waals surface area (Å²) in [6.07, 6.45) is 0. The number of benzene rings is 1. The first-order chi connectivity index (χ1) is 7.06. The minimum Gasteiger partial charge on any atom is -0.370 e. The largest absolute Gasteiger partial charge is 0.370 e. The Morgan fingerprint density at radius 3 is 2.67 bits per heavy atom. The maximum atomic E-state index is 11.5. The van der Waals surface area contributed by atoms with Crippen LogP contribution in [-0.2, 0) is 9.63 Å². The molecule has 0 aliphatic carbocycles. The second kappa shape index (κ2) is 4.94. The fourth-order valence-electron chi connectivity index (χ4n) is 1.54. The molecular formula is C12H17NO2. The molecule has 0 fully saturated rings. The summed E-state index contributed by atoms with van der Waals surface area (Å²) in [4.78, 5) is 16.3. The van der Waals surface area contributed by atoms with Crippen LogP contribution in [0.2, 0.25) is 0 Å². The lowest BCUT2D eigenvalue weighted by Gasteiger charge is -2.13. The van der Waals surface area contributed by atoms with E-state index in [9.17, 15) is 4.79 Å². The van der Waals surface area contributed by atoms with Gasteiger partial charge < -0.3 is 4.84 Å². The van der Waals surface area contributed by atoms with Gasteiger partial charge in [0.1, 0.15) is 0 Å². The van der Waals surface area contributed by atoms with Crippen LogP contribution >= 0.6 is 0 Å². The molecule has 1 unspecified atom stereocenters. The van der Waals surface area contributed by atoms with Crippen molar-refractivity contribution in [2.24, 2.45) is 0 Å². The zero-order valence-electron chi connectivity index (χ0n) is 9.63. The topological polar surface area (TPSA) is 38.3 Å². The van der Waals surface area contributed by atoms with Gasteiger partial charge in [-0.15, -0.1) is 0 Å². The van der Waals surface area contributed by atoms with E-state index in [1.165, 1.54) is 0 Å². The van der Waals surface area contributed by atoms with Crippen LogP contribution in [0.4, 0.5) is 0 Å². The van der Waals surface area contributed by atoms with E-state index in [0.717, 1.165) is 16.7 Å². The molecule has 15 heavy (non-hydrogen) atoms. The molecule has 82 valence electrons. The summed E-state index contributed by atoms with van der Waals surface area (Å²) in [5.41, 5.74) is 5.69. The fourth-order valence-corrected chi connectivity index (χ4v) is 1.54. The number of hydrogen-bond acceptors (Lipinski definition) is 3. The Balaban J connectivity index is 2.94. The van der Waals surface area contributed by atoms with Gasteiger partial charge >= 0.3 is 5.97 Å². The molecule has 0 aromatic heterocycles. The van der Waals surface area contributed by atoms with Crippen LogP contribution in [0.3, 0.4) is 0 Å². The number of aryl methyl sites for hydroxylation is 2. The minimum atomic E-state index is -0.258. The standard InChI is InChI=1S/C12H17NO2/c1-8-5-6-9(2)11(7-8)10(3)12(14)15-13-4/h5-7,10,13H,1-4H3. The van der Waals surface area contributed by atoms with Gasteiger partial charge in [-0.1, -0.05) is 23.8 Å². The molecule has 1 aromatic carbocycles. The van der Waals surface area contributed by atoms with E-state index >= 15 is 0 Å². The van der Waals surface area contributed by atoms with Gasteiger partial charge in [-0.2, -0.15) is 5.48 Å². The number of rotatable bonds is 3. The highest BCUT2D eigenvalue weighted by molar-refractivity contribution is 5.78. The summed E-state index contributed by atoms with van der Waals surface area (Å²) in [6, 6.07) is 6.08. The first-order valence-electron chi connectivity index (χ1n) is 5.01. The second-order valence-electron chi connectivity index (χ2n) is 3.71. The van der Waals surface area contributed by atoms with Gasteiger partial charge in [0, 0.05) is 7.05 Å². The SMILES string of the molecule is CNOC(=O)C(C)c1cc(C)ccc1C. The molecule has 1 rings (SSSR count). The van der Waals surface area contributed by atoms with Crippen LogP contribution in [0.25, 0.3) is 0 Å². The number of nitrogens with one attached hydrogen (secondary N) is 1. The Hall–Kier alpha value is -1.35. The highest BCUT2D eigenvalue weighted by Gasteiger charge is 2.18. The molecule has 1 aromatic rings. The third kappa shape index (κ3) is 2.80. The molecule has 0 radical (unpaired) electrons. The first kappa shape index (κ1) is 11.7. The second-order valence-corrected chi connectivity index (χ2v) is 3.71. The van der Waals surface area contributed by atoms with Crippen LogP contribution in [0.15, 0.2) is 18.2 Å².